The summed E-state index contributed by atoms with van der Waals surface area (Å²) < 4.78 is 0. The molecule has 0 spiro atoms. The van der Waals surface area contributed by atoms with Gasteiger partial charge in [0, 0.05) is 12.6 Å². The molecule has 1 rings (SSSR count). The van der Waals surface area contributed by atoms with Crippen LogP contribution in [0.5, 0.6) is 0 Å². The summed E-state index contributed by atoms with van der Waals surface area (Å²) in [6.07, 6.45) is 0. The molecule has 0 aromatic heterocycles. The quantitative estimate of drug-likeness (QED) is 0.418. The number of nitrogens with zero attached hydrogens (tertiary/aromatic N) is 2. The number of guanidine groups is 1. The number of benzene rings is 1. The average Bonchev–Trinajstić information content (AvgIpc) is 2.42. The molecule has 0 amide bonds. The number of hydrogen-bond donors (Lipinski definition) is 2. The summed E-state index contributed by atoms with van der Waals surface area (Å²) in [5.74, 6) is 0.508. The van der Waals surface area contributed by atoms with Crippen LogP contribution in [0.25, 0.3) is 0 Å². The van der Waals surface area contributed by atoms with E-state index in [2.05, 4.69) is 53.3 Å². The summed E-state index contributed by atoms with van der Waals surface area (Å²) in [5, 5.41) is 3.10. The molecule has 0 saturated heterocycles. The summed E-state index contributed by atoms with van der Waals surface area (Å²) in [4.78, 5) is 6.76. The van der Waals surface area contributed by atoms with Crippen molar-refractivity contribution in [1.82, 2.24) is 10.2 Å². The van der Waals surface area contributed by atoms with Crippen LogP contribution in [0.15, 0.2) is 29.3 Å². The van der Waals surface area contributed by atoms with E-state index in [1.807, 2.05) is 13.8 Å². The maximum absolute atomic E-state index is 5.81. The van der Waals surface area contributed by atoms with Gasteiger partial charge in [-0.15, -0.1) is 24.0 Å². The Morgan fingerprint density at radius 3 is 2.43 bits per heavy atom. The molecule has 21 heavy (non-hydrogen) atoms. The van der Waals surface area contributed by atoms with Gasteiger partial charge in [0.1, 0.15) is 0 Å². The van der Waals surface area contributed by atoms with Crippen molar-refractivity contribution in [3.05, 3.63) is 35.4 Å². The van der Waals surface area contributed by atoms with Crippen molar-refractivity contribution in [3.8, 4) is 0 Å². The molecule has 0 heterocycles. The summed E-state index contributed by atoms with van der Waals surface area (Å²) >= 11 is 0. The second-order valence-corrected chi connectivity index (χ2v) is 5.28. The monoisotopic (exact) mass is 404 g/mol. The zero-order valence-electron chi connectivity index (χ0n) is 13.6. The van der Waals surface area contributed by atoms with Gasteiger partial charge < -0.3 is 11.1 Å². The largest absolute Gasteiger partial charge is 0.370 e. The maximum Gasteiger partial charge on any atom is 0.189 e. The molecular formula is C16H29IN4. The molecule has 1 aromatic rings. The lowest BCUT2D eigenvalue weighted by molar-refractivity contribution is 0.296. The number of nitrogens with one attached hydrogen (secondary N) is 1. The van der Waals surface area contributed by atoms with Crippen LogP contribution in [0.4, 0.5) is 0 Å². The predicted octanol–water partition coefficient (Wildman–Crippen LogP) is 2.96. The van der Waals surface area contributed by atoms with Crippen LogP contribution in [0.3, 0.4) is 0 Å². The summed E-state index contributed by atoms with van der Waals surface area (Å²) in [6.45, 7) is 12.2. The van der Waals surface area contributed by atoms with Crippen LogP contribution in [0, 0.1) is 0 Å². The molecule has 5 heteroatoms. The second kappa shape index (κ2) is 10.8. The van der Waals surface area contributed by atoms with Crippen molar-refractivity contribution in [1.29, 1.82) is 0 Å². The standard InChI is InChI=1S/C16H28N4.HI/c1-5-20(6-2)12-15-9-7-8-14(10-15)11-18-16(17)19-13(3)4;/h7-10,13H,5-6,11-12H2,1-4H3,(H3,17,18,19);1H. The number of aliphatic imine (C=N–C) groups is 1. The molecule has 0 radical (unpaired) electrons. The minimum atomic E-state index is 0. The zero-order valence-corrected chi connectivity index (χ0v) is 15.9. The molecule has 4 nitrogen and oxygen atoms in total. The van der Waals surface area contributed by atoms with Gasteiger partial charge in [-0.2, -0.15) is 0 Å². The van der Waals surface area contributed by atoms with Crippen LogP contribution >= 0.6 is 24.0 Å². The van der Waals surface area contributed by atoms with Crippen molar-refractivity contribution in [3.63, 3.8) is 0 Å². The molecule has 120 valence electrons. The Kier molecular flexibility index (Phi) is 10.4. The van der Waals surface area contributed by atoms with E-state index < -0.39 is 0 Å². The zero-order chi connectivity index (χ0) is 15.0. The first-order chi connectivity index (χ1) is 9.55. The van der Waals surface area contributed by atoms with Gasteiger partial charge >= 0.3 is 0 Å². The molecule has 0 unspecified atom stereocenters. The fourth-order valence-electron chi connectivity index (χ4n) is 2.05. The molecule has 0 fully saturated rings. The maximum atomic E-state index is 5.81. The number of hydrogen-bond acceptors (Lipinski definition) is 2. The smallest absolute Gasteiger partial charge is 0.189 e. The molecule has 0 saturated carbocycles. The fourth-order valence-corrected chi connectivity index (χ4v) is 2.05. The van der Waals surface area contributed by atoms with Crippen LogP contribution in [-0.2, 0) is 13.1 Å². The highest BCUT2D eigenvalue weighted by molar-refractivity contribution is 14.0. The van der Waals surface area contributed by atoms with Gasteiger partial charge in [-0.3, -0.25) is 4.90 Å². The molecule has 0 aliphatic heterocycles. The van der Waals surface area contributed by atoms with Gasteiger partial charge in [-0.25, -0.2) is 4.99 Å². The van der Waals surface area contributed by atoms with E-state index in [1.54, 1.807) is 0 Å². The van der Waals surface area contributed by atoms with Crippen LogP contribution in [0.1, 0.15) is 38.8 Å². The number of rotatable bonds is 7. The van der Waals surface area contributed by atoms with Gasteiger partial charge in [-0.1, -0.05) is 38.1 Å². The van der Waals surface area contributed by atoms with Crippen molar-refractivity contribution in [2.75, 3.05) is 13.1 Å². The Morgan fingerprint density at radius 1 is 1.24 bits per heavy atom. The van der Waals surface area contributed by atoms with E-state index >= 15 is 0 Å². The molecule has 0 aliphatic carbocycles. The molecule has 0 atom stereocenters. The summed E-state index contributed by atoms with van der Waals surface area (Å²) in [6, 6.07) is 8.88. The van der Waals surface area contributed by atoms with E-state index in [1.165, 1.54) is 11.1 Å². The molecule has 0 aliphatic rings. The minimum Gasteiger partial charge on any atom is -0.370 e. The Morgan fingerprint density at radius 2 is 1.86 bits per heavy atom. The molecular weight excluding hydrogens is 375 g/mol. The third-order valence-corrected chi connectivity index (χ3v) is 3.16. The molecule has 3 N–H and O–H groups in total. The first-order valence-corrected chi connectivity index (χ1v) is 7.41. The van der Waals surface area contributed by atoms with Crippen molar-refractivity contribution >= 4 is 29.9 Å². The first-order valence-electron chi connectivity index (χ1n) is 7.41. The lowest BCUT2D eigenvalue weighted by atomic mass is 10.1. The van der Waals surface area contributed by atoms with Crippen LogP contribution in [0.2, 0.25) is 0 Å². The van der Waals surface area contributed by atoms with Crippen LogP contribution in [-0.4, -0.2) is 30.0 Å². The van der Waals surface area contributed by atoms with Gasteiger partial charge in [-0.05, 0) is 38.1 Å². The summed E-state index contributed by atoms with van der Waals surface area (Å²) in [5.41, 5.74) is 8.34. The molecule has 1 aromatic carbocycles. The third kappa shape index (κ3) is 8.26. The van der Waals surface area contributed by atoms with E-state index in [9.17, 15) is 0 Å². The van der Waals surface area contributed by atoms with E-state index in [0.29, 0.717) is 18.5 Å². The van der Waals surface area contributed by atoms with Crippen molar-refractivity contribution < 1.29 is 0 Å². The van der Waals surface area contributed by atoms with Gasteiger partial charge in [0.2, 0.25) is 0 Å². The SMILES string of the molecule is CCN(CC)Cc1cccc(CN=C(N)NC(C)C)c1.I. The first kappa shape index (κ1) is 20.2. The van der Waals surface area contributed by atoms with Gasteiger partial charge in [0.05, 0.1) is 6.54 Å². The van der Waals surface area contributed by atoms with Gasteiger partial charge in [0.25, 0.3) is 0 Å². The van der Waals surface area contributed by atoms with E-state index in [-0.39, 0.29) is 24.0 Å². The Labute approximate surface area is 146 Å². The lowest BCUT2D eigenvalue weighted by Crippen LogP contribution is -2.36. The Balaban J connectivity index is 0.00000400. The lowest BCUT2D eigenvalue weighted by Gasteiger charge is -2.18. The van der Waals surface area contributed by atoms with Crippen molar-refractivity contribution in [2.24, 2.45) is 10.7 Å². The van der Waals surface area contributed by atoms with E-state index in [4.69, 9.17) is 5.73 Å². The van der Waals surface area contributed by atoms with E-state index in [0.717, 1.165) is 19.6 Å². The molecule has 0 bridgehead atoms. The average molecular weight is 404 g/mol. The normalized spacial score (nSPS) is 11.6. The number of nitrogens with two attached hydrogens (primary N) is 1. The Bertz CT molecular complexity index is 428. The highest BCUT2D eigenvalue weighted by Gasteiger charge is 2.02. The van der Waals surface area contributed by atoms with Gasteiger partial charge in [0.15, 0.2) is 5.96 Å². The topological polar surface area (TPSA) is 53.6 Å². The minimum absolute atomic E-state index is 0. The predicted molar refractivity (Wildman–Crippen MR) is 102 cm³/mol. The highest BCUT2D eigenvalue weighted by atomic mass is 127. The second-order valence-electron chi connectivity index (χ2n) is 5.28. The van der Waals surface area contributed by atoms with Crippen molar-refractivity contribution in [2.45, 2.75) is 46.8 Å². The summed E-state index contributed by atoms with van der Waals surface area (Å²) in [7, 11) is 0. The third-order valence-electron chi connectivity index (χ3n) is 3.16. The fraction of sp³-hybridized carbons (Fsp3) is 0.562. The Hall–Kier alpha value is -0.820. The van der Waals surface area contributed by atoms with Crippen LogP contribution < -0.4 is 11.1 Å². The number of halogens is 1. The highest BCUT2D eigenvalue weighted by Crippen LogP contribution is 2.09.